The van der Waals surface area contributed by atoms with Crippen molar-refractivity contribution in [3.8, 4) is 0 Å². The maximum Gasteiger partial charge on any atom is 0.0494 e. The van der Waals surface area contributed by atoms with Gasteiger partial charge < -0.3 is 11.1 Å². The second kappa shape index (κ2) is 3.81. The Hall–Kier alpha value is -1.09. The van der Waals surface area contributed by atoms with Gasteiger partial charge in [0.05, 0.1) is 0 Å². The number of hydrogen-bond donors (Lipinski definition) is 2. The van der Waals surface area contributed by atoms with E-state index in [-0.39, 0.29) is 5.54 Å². The number of rotatable bonds is 2. The number of nitrogens with two attached hydrogens (primary N) is 1. The minimum atomic E-state index is 0.0400. The molecule has 1 aromatic rings. The molecular formula is C12H19N3. The van der Waals surface area contributed by atoms with Crippen LogP contribution in [0.4, 0.5) is 5.69 Å². The fourth-order valence-corrected chi connectivity index (χ4v) is 2.58. The summed E-state index contributed by atoms with van der Waals surface area (Å²) in [6.45, 7) is 5.56. The second-order valence-corrected chi connectivity index (χ2v) is 4.62. The maximum atomic E-state index is 6.04. The molecule has 1 atom stereocenters. The van der Waals surface area contributed by atoms with E-state index in [0.717, 1.165) is 24.2 Å². The largest absolute Gasteiger partial charge is 0.398 e. The molecule has 0 bridgehead atoms. The number of aromatic nitrogens is 1. The molecule has 0 aliphatic carbocycles. The molecule has 2 rings (SSSR count). The first-order chi connectivity index (χ1) is 7.17. The minimum absolute atomic E-state index is 0.0400. The summed E-state index contributed by atoms with van der Waals surface area (Å²) in [5.41, 5.74) is 8.10. The first kappa shape index (κ1) is 10.4. The fourth-order valence-electron chi connectivity index (χ4n) is 2.58. The Morgan fingerprint density at radius 1 is 1.53 bits per heavy atom. The average Bonchev–Trinajstić information content (AvgIpc) is 2.68. The van der Waals surface area contributed by atoms with Crippen molar-refractivity contribution >= 4 is 5.69 Å². The van der Waals surface area contributed by atoms with Crippen molar-refractivity contribution in [1.29, 1.82) is 0 Å². The highest BCUT2D eigenvalue weighted by Crippen LogP contribution is 2.39. The van der Waals surface area contributed by atoms with Gasteiger partial charge in [0.1, 0.15) is 0 Å². The Kier molecular flexibility index (Phi) is 2.65. The van der Waals surface area contributed by atoms with E-state index < -0.39 is 0 Å². The van der Waals surface area contributed by atoms with E-state index in [1.54, 1.807) is 6.20 Å². The van der Waals surface area contributed by atoms with Crippen molar-refractivity contribution < 1.29 is 0 Å². The van der Waals surface area contributed by atoms with Crippen molar-refractivity contribution in [2.45, 2.75) is 32.2 Å². The molecule has 3 N–H and O–H groups in total. The zero-order valence-corrected chi connectivity index (χ0v) is 9.46. The number of pyridine rings is 1. The Labute approximate surface area is 91.1 Å². The molecule has 15 heavy (non-hydrogen) atoms. The van der Waals surface area contributed by atoms with E-state index in [9.17, 15) is 0 Å². The molecule has 0 aromatic carbocycles. The Bertz CT molecular complexity index is 340. The van der Waals surface area contributed by atoms with Gasteiger partial charge in [-0.1, -0.05) is 13.8 Å². The standard InChI is InChI=1S/C12H19N3/c1-9(2)12(5-3-6-15-12)10-8-14-7-4-11(10)13/h4,7-9,15H,3,5-6H2,1-2H3,(H2,13,14). The molecule has 82 valence electrons. The maximum absolute atomic E-state index is 6.04. The molecule has 1 aliphatic heterocycles. The monoisotopic (exact) mass is 205 g/mol. The van der Waals surface area contributed by atoms with Gasteiger partial charge in [0, 0.05) is 29.2 Å². The molecule has 0 saturated carbocycles. The lowest BCUT2D eigenvalue weighted by atomic mass is 9.79. The van der Waals surface area contributed by atoms with Crippen molar-refractivity contribution in [2.24, 2.45) is 5.92 Å². The zero-order chi connectivity index (χ0) is 10.9. The normalized spacial score (nSPS) is 26.1. The third-order valence-electron chi connectivity index (χ3n) is 3.51. The van der Waals surface area contributed by atoms with Gasteiger partial charge in [-0.3, -0.25) is 4.98 Å². The summed E-state index contributed by atoms with van der Waals surface area (Å²) >= 11 is 0. The smallest absolute Gasteiger partial charge is 0.0494 e. The lowest BCUT2D eigenvalue weighted by molar-refractivity contribution is 0.277. The summed E-state index contributed by atoms with van der Waals surface area (Å²) in [7, 11) is 0. The fraction of sp³-hybridized carbons (Fsp3) is 0.583. The van der Waals surface area contributed by atoms with Gasteiger partial charge in [0.15, 0.2) is 0 Å². The number of anilines is 1. The van der Waals surface area contributed by atoms with Crippen molar-refractivity contribution in [2.75, 3.05) is 12.3 Å². The van der Waals surface area contributed by atoms with Crippen LogP contribution in [0.2, 0.25) is 0 Å². The molecule has 1 aliphatic rings. The SMILES string of the molecule is CC(C)C1(c2cnccc2N)CCCN1. The Morgan fingerprint density at radius 2 is 2.33 bits per heavy atom. The van der Waals surface area contributed by atoms with Crippen molar-refractivity contribution in [1.82, 2.24) is 10.3 Å². The Morgan fingerprint density at radius 3 is 2.87 bits per heavy atom. The number of nitrogen functional groups attached to an aromatic ring is 1. The predicted molar refractivity (Wildman–Crippen MR) is 62.4 cm³/mol. The van der Waals surface area contributed by atoms with Gasteiger partial charge >= 0.3 is 0 Å². The van der Waals surface area contributed by atoms with E-state index in [1.807, 2.05) is 12.3 Å². The summed E-state index contributed by atoms with van der Waals surface area (Å²) in [6, 6.07) is 1.89. The molecule has 2 heterocycles. The van der Waals surface area contributed by atoms with Crippen LogP contribution < -0.4 is 11.1 Å². The van der Waals surface area contributed by atoms with Gasteiger partial charge in [0.2, 0.25) is 0 Å². The summed E-state index contributed by atoms with van der Waals surface area (Å²) < 4.78 is 0. The second-order valence-electron chi connectivity index (χ2n) is 4.62. The third-order valence-corrected chi connectivity index (χ3v) is 3.51. The summed E-state index contributed by atoms with van der Waals surface area (Å²) in [5, 5.41) is 3.61. The van der Waals surface area contributed by atoms with Crippen molar-refractivity contribution in [3.63, 3.8) is 0 Å². The molecular weight excluding hydrogens is 186 g/mol. The molecule has 0 radical (unpaired) electrons. The van der Waals surface area contributed by atoms with Crippen LogP contribution in [0.15, 0.2) is 18.5 Å². The van der Waals surface area contributed by atoms with Crippen LogP contribution in [-0.4, -0.2) is 11.5 Å². The van der Waals surface area contributed by atoms with Crippen LogP contribution in [-0.2, 0) is 5.54 Å². The van der Waals surface area contributed by atoms with Gasteiger partial charge in [-0.05, 0) is 31.4 Å². The molecule has 3 heteroatoms. The van der Waals surface area contributed by atoms with Crippen molar-refractivity contribution in [3.05, 3.63) is 24.0 Å². The van der Waals surface area contributed by atoms with Crippen LogP contribution in [0.1, 0.15) is 32.3 Å². The first-order valence-corrected chi connectivity index (χ1v) is 5.62. The molecule has 0 spiro atoms. The molecule has 3 nitrogen and oxygen atoms in total. The summed E-state index contributed by atoms with van der Waals surface area (Å²) in [4.78, 5) is 4.20. The number of nitrogens with one attached hydrogen (secondary N) is 1. The summed E-state index contributed by atoms with van der Waals surface area (Å²) in [5.74, 6) is 0.534. The van der Waals surface area contributed by atoms with Crippen LogP contribution >= 0.6 is 0 Å². The average molecular weight is 205 g/mol. The van der Waals surface area contributed by atoms with E-state index >= 15 is 0 Å². The van der Waals surface area contributed by atoms with E-state index in [2.05, 4.69) is 24.1 Å². The quantitative estimate of drug-likeness (QED) is 0.775. The van der Waals surface area contributed by atoms with Crippen LogP contribution in [0.5, 0.6) is 0 Å². The van der Waals surface area contributed by atoms with Crippen LogP contribution in [0.3, 0.4) is 0 Å². The minimum Gasteiger partial charge on any atom is -0.398 e. The first-order valence-electron chi connectivity index (χ1n) is 5.62. The lowest BCUT2D eigenvalue weighted by Crippen LogP contribution is -2.42. The van der Waals surface area contributed by atoms with E-state index in [0.29, 0.717) is 5.92 Å². The molecule has 1 fully saturated rings. The Balaban J connectivity index is 2.46. The van der Waals surface area contributed by atoms with Crippen LogP contribution in [0.25, 0.3) is 0 Å². The van der Waals surface area contributed by atoms with Gasteiger partial charge in [-0.15, -0.1) is 0 Å². The van der Waals surface area contributed by atoms with Gasteiger partial charge in [0.25, 0.3) is 0 Å². The lowest BCUT2D eigenvalue weighted by Gasteiger charge is -2.35. The van der Waals surface area contributed by atoms with Gasteiger partial charge in [-0.25, -0.2) is 0 Å². The molecule has 1 unspecified atom stereocenters. The topological polar surface area (TPSA) is 50.9 Å². The molecule has 0 amide bonds. The van der Waals surface area contributed by atoms with Gasteiger partial charge in [-0.2, -0.15) is 0 Å². The highest BCUT2D eigenvalue weighted by molar-refractivity contribution is 5.49. The van der Waals surface area contributed by atoms with Crippen LogP contribution in [0, 0.1) is 5.92 Å². The molecule has 1 aromatic heterocycles. The highest BCUT2D eigenvalue weighted by atomic mass is 15.0. The number of hydrogen-bond acceptors (Lipinski definition) is 3. The number of nitrogens with zero attached hydrogens (tertiary/aromatic N) is 1. The summed E-state index contributed by atoms with van der Waals surface area (Å²) in [6.07, 6.45) is 6.03. The highest BCUT2D eigenvalue weighted by Gasteiger charge is 2.39. The third kappa shape index (κ3) is 1.61. The predicted octanol–water partition coefficient (Wildman–Crippen LogP) is 1.90. The van der Waals surface area contributed by atoms with E-state index in [1.165, 1.54) is 6.42 Å². The molecule has 1 saturated heterocycles. The van der Waals surface area contributed by atoms with E-state index in [4.69, 9.17) is 5.73 Å². The zero-order valence-electron chi connectivity index (χ0n) is 9.46.